The maximum Gasteiger partial charge on any atom is 0.193 e. The quantitative estimate of drug-likeness (QED) is 0.203. The highest BCUT2D eigenvalue weighted by molar-refractivity contribution is 6.11. The highest BCUT2D eigenvalue weighted by atomic mass is 16.7. The molecule has 1 N–H and O–H groups in total. The molecule has 0 saturated carbocycles. The van der Waals surface area contributed by atoms with E-state index < -0.39 is 5.78 Å². The Bertz CT molecular complexity index is 919. The number of carbonyl (C=O) groups excluding carboxylic acids is 1. The van der Waals surface area contributed by atoms with Crippen LogP contribution in [0.25, 0.3) is 6.08 Å². The van der Waals surface area contributed by atoms with Gasteiger partial charge in [0.25, 0.3) is 0 Å². The molecule has 0 aromatic heterocycles. The SMILES string of the molecule is C=CCc1c(OCOC)cc(OCOC)c(C(=O)C=Cc2ccc(OCOC)cc2)c1O. The summed E-state index contributed by atoms with van der Waals surface area (Å²) in [6.45, 7) is 3.70. The summed E-state index contributed by atoms with van der Waals surface area (Å²) in [6, 6.07) is 8.64. The Labute approximate surface area is 187 Å². The molecule has 0 spiro atoms. The smallest absolute Gasteiger partial charge is 0.193 e. The van der Waals surface area contributed by atoms with Crippen LogP contribution in [-0.4, -0.2) is 52.6 Å². The predicted octanol–water partition coefficient (Wildman–Crippen LogP) is 3.96. The number of ether oxygens (including phenoxy) is 6. The molecule has 8 nitrogen and oxygen atoms in total. The number of rotatable bonds is 14. The van der Waals surface area contributed by atoms with E-state index in [1.54, 1.807) is 43.5 Å². The van der Waals surface area contributed by atoms with Crippen LogP contribution in [0.1, 0.15) is 21.5 Å². The van der Waals surface area contributed by atoms with Crippen LogP contribution in [-0.2, 0) is 20.6 Å². The minimum Gasteiger partial charge on any atom is -0.507 e. The molecule has 0 aliphatic carbocycles. The number of benzene rings is 2. The third kappa shape index (κ3) is 6.84. The van der Waals surface area contributed by atoms with Gasteiger partial charge in [0.2, 0.25) is 0 Å². The van der Waals surface area contributed by atoms with Gasteiger partial charge in [0.15, 0.2) is 26.2 Å². The molecule has 2 rings (SSSR count). The fourth-order valence-corrected chi connectivity index (χ4v) is 2.79. The lowest BCUT2D eigenvalue weighted by atomic mass is 9.99. The molecule has 172 valence electrons. The second-order valence-electron chi connectivity index (χ2n) is 6.49. The summed E-state index contributed by atoms with van der Waals surface area (Å²) in [4.78, 5) is 13.0. The van der Waals surface area contributed by atoms with Crippen molar-refractivity contribution >= 4 is 11.9 Å². The number of aromatic hydroxyl groups is 1. The molecular weight excluding hydrogens is 416 g/mol. The van der Waals surface area contributed by atoms with Gasteiger partial charge in [-0.2, -0.15) is 0 Å². The molecule has 0 amide bonds. The van der Waals surface area contributed by atoms with Crippen molar-refractivity contribution in [2.75, 3.05) is 41.7 Å². The molecule has 0 unspecified atom stereocenters. The molecule has 0 saturated heterocycles. The van der Waals surface area contributed by atoms with Gasteiger partial charge in [-0.25, -0.2) is 0 Å². The third-order valence-electron chi connectivity index (χ3n) is 4.24. The standard InChI is InChI=1S/C24H28O8/c1-5-6-19-21(31-15-28-3)13-22(32-16-29-4)23(24(19)26)20(25)12-9-17-7-10-18(11-8-17)30-14-27-2/h5,7-13,26H,1,6,14-16H2,2-4H3. The van der Waals surface area contributed by atoms with Crippen molar-refractivity contribution in [3.63, 3.8) is 0 Å². The highest BCUT2D eigenvalue weighted by Gasteiger charge is 2.23. The second-order valence-corrected chi connectivity index (χ2v) is 6.49. The number of methoxy groups -OCH3 is 3. The van der Waals surface area contributed by atoms with E-state index in [1.807, 2.05) is 0 Å². The Balaban J connectivity index is 2.37. The molecule has 0 bridgehead atoms. The van der Waals surface area contributed by atoms with E-state index in [4.69, 9.17) is 28.4 Å². The summed E-state index contributed by atoms with van der Waals surface area (Å²) >= 11 is 0. The Morgan fingerprint density at radius 3 is 2.12 bits per heavy atom. The number of allylic oxidation sites excluding steroid dienone is 2. The van der Waals surface area contributed by atoms with Crippen LogP contribution in [0.3, 0.4) is 0 Å². The van der Waals surface area contributed by atoms with Crippen LogP contribution in [0.2, 0.25) is 0 Å². The molecule has 0 aliphatic rings. The van der Waals surface area contributed by atoms with Crippen LogP contribution >= 0.6 is 0 Å². The molecule has 0 fully saturated rings. The normalized spacial score (nSPS) is 10.8. The monoisotopic (exact) mass is 444 g/mol. The largest absolute Gasteiger partial charge is 0.507 e. The van der Waals surface area contributed by atoms with Gasteiger partial charge in [-0.3, -0.25) is 4.79 Å². The lowest BCUT2D eigenvalue weighted by molar-refractivity contribution is 0.0449. The van der Waals surface area contributed by atoms with Crippen molar-refractivity contribution in [2.45, 2.75) is 6.42 Å². The highest BCUT2D eigenvalue weighted by Crippen LogP contribution is 2.40. The van der Waals surface area contributed by atoms with Crippen molar-refractivity contribution in [1.29, 1.82) is 0 Å². The first-order valence-electron chi connectivity index (χ1n) is 9.73. The number of hydrogen-bond acceptors (Lipinski definition) is 8. The van der Waals surface area contributed by atoms with Crippen molar-refractivity contribution in [2.24, 2.45) is 0 Å². The minimum absolute atomic E-state index is 0.0000325. The zero-order valence-corrected chi connectivity index (χ0v) is 18.5. The molecule has 8 heteroatoms. The summed E-state index contributed by atoms with van der Waals surface area (Å²) in [6.07, 6.45) is 4.86. The second kappa shape index (κ2) is 13.2. The molecule has 0 radical (unpaired) electrons. The van der Waals surface area contributed by atoms with E-state index in [0.717, 1.165) is 5.56 Å². The van der Waals surface area contributed by atoms with Gasteiger partial charge >= 0.3 is 0 Å². The third-order valence-corrected chi connectivity index (χ3v) is 4.24. The van der Waals surface area contributed by atoms with Gasteiger partial charge in [-0.1, -0.05) is 24.3 Å². The van der Waals surface area contributed by atoms with Crippen molar-refractivity contribution in [3.8, 4) is 23.0 Å². The Hall–Kier alpha value is -3.33. The number of ketones is 1. The first-order valence-corrected chi connectivity index (χ1v) is 9.73. The van der Waals surface area contributed by atoms with Gasteiger partial charge in [0.05, 0.1) is 0 Å². The topological polar surface area (TPSA) is 92.7 Å². The lowest BCUT2D eigenvalue weighted by Crippen LogP contribution is -2.09. The summed E-state index contributed by atoms with van der Waals surface area (Å²) in [5, 5.41) is 10.9. The molecule has 0 atom stereocenters. The number of hydrogen-bond donors (Lipinski definition) is 1. The zero-order chi connectivity index (χ0) is 23.3. The Morgan fingerprint density at radius 2 is 1.53 bits per heavy atom. The average Bonchev–Trinajstić information content (AvgIpc) is 2.81. The van der Waals surface area contributed by atoms with Gasteiger partial charge in [-0.15, -0.1) is 6.58 Å². The van der Waals surface area contributed by atoms with E-state index >= 15 is 0 Å². The maximum absolute atomic E-state index is 13.0. The summed E-state index contributed by atoms with van der Waals surface area (Å²) in [7, 11) is 4.48. The molecule has 0 heterocycles. The molecule has 0 aliphatic heterocycles. The summed E-state index contributed by atoms with van der Waals surface area (Å²) in [5.41, 5.74) is 1.17. The van der Waals surface area contributed by atoms with Crippen molar-refractivity contribution in [3.05, 3.63) is 65.8 Å². The maximum atomic E-state index is 13.0. The lowest BCUT2D eigenvalue weighted by Gasteiger charge is -2.17. The van der Waals surface area contributed by atoms with Gasteiger partial charge in [0, 0.05) is 33.0 Å². The van der Waals surface area contributed by atoms with Crippen LogP contribution in [0.5, 0.6) is 23.0 Å². The van der Waals surface area contributed by atoms with E-state index in [-0.39, 0.29) is 43.9 Å². The fraction of sp³-hybridized carbons (Fsp3) is 0.292. The zero-order valence-electron chi connectivity index (χ0n) is 18.5. The average molecular weight is 444 g/mol. The van der Waals surface area contributed by atoms with Gasteiger partial charge in [0.1, 0.15) is 28.6 Å². The van der Waals surface area contributed by atoms with Crippen molar-refractivity contribution in [1.82, 2.24) is 0 Å². The van der Waals surface area contributed by atoms with Crippen molar-refractivity contribution < 1.29 is 38.3 Å². The number of phenols is 1. The Morgan fingerprint density at radius 1 is 0.938 bits per heavy atom. The van der Waals surface area contributed by atoms with Crippen LogP contribution in [0, 0.1) is 0 Å². The van der Waals surface area contributed by atoms with E-state index in [2.05, 4.69) is 6.58 Å². The summed E-state index contributed by atoms with van der Waals surface area (Å²) in [5.74, 6) is 0.396. The molecular formula is C24H28O8. The van der Waals surface area contributed by atoms with Gasteiger partial charge < -0.3 is 33.5 Å². The van der Waals surface area contributed by atoms with Crippen LogP contribution in [0.4, 0.5) is 0 Å². The first-order chi connectivity index (χ1) is 15.5. The Kier molecular flexibility index (Phi) is 10.3. The summed E-state index contributed by atoms with van der Waals surface area (Å²) < 4.78 is 31.2. The van der Waals surface area contributed by atoms with E-state index in [9.17, 15) is 9.90 Å². The van der Waals surface area contributed by atoms with E-state index in [0.29, 0.717) is 17.1 Å². The van der Waals surface area contributed by atoms with Crippen LogP contribution in [0.15, 0.2) is 49.1 Å². The molecule has 32 heavy (non-hydrogen) atoms. The van der Waals surface area contributed by atoms with Gasteiger partial charge in [-0.05, 0) is 30.2 Å². The van der Waals surface area contributed by atoms with Crippen LogP contribution < -0.4 is 14.2 Å². The predicted molar refractivity (Wildman–Crippen MR) is 119 cm³/mol. The molecule has 2 aromatic carbocycles. The number of phenolic OH excluding ortho intramolecular Hbond substituents is 1. The fourth-order valence-electron chi connectivity index (χ4n) is 2.79. The number of carbonyl (C=O) groups is 1. The first kappa shape index (κ1) is 24.9. The van der Waals surface area contributed by atoms with E-state index in [1.165, 1.54) is 26.4 Å². The molecule has 2 aromatic rings. The minimum atomic E-state index is -0.447.